The molecule has 1 aromatic rings. The van der Waals surface area contributed by atoms with Crippen molar-refractivity contribution in [3.8, 4) is 0 Å². The maximum Gasteiger partial charge on any atom is 0.250 e. The Hall–Kier alpha value is -0.913. The third-order valence-corrected chi connectivity index (χ3v) is 8.51. The third kappa shape index (κ3) is 5.23. The summed E-state index contributed by atoms with van der Waals surface area (Å²) in [4.78, 5) is 11.5. The van der Waals surface area contributed by atoms with E-state index in [1.165, 1.54) is 0 Å². The van der Waals surface area contributed by atoms with E-state index in [2.05, 4.69) is 39.2 Å². The Morgan fingerprint density at radius 3 is 2.55 bits per heavy atom. The number of aromatic nitrogens is 1. The van der Waals surface area contributed by atoms with Gasteiger partial charge in [-0.2, -0.15) is 0 Å². The van der Waals surface area contributed by atoms with E-state index in [1.54, 1.807) is 16.7 Å². The van der Waals surface area contributed by atoms with Crippen LogP contribution in [0.25, 0.3) is 0 Å². The van der Waals surface area contributed by atoms with E-state index >= 15 is 0 Å². The smallest absolute Gasteiger partial charge is 0.250 e. The molecule has 0 unspecified atom stereocenters. The summed E-state index contributed by atoms with van der Waals surface area (Å²) in [5, 5.41) is 3.58. The van der Waals surface area contributed by atoms with Crippen molar-refractivity contribution in [3.63, 3.8) is 0 Å². The van der Waals surface area contributed by atoms with Crippen LogP contribution in [0.1, 0.15) is 20.8 Å². The Balaban J connectivity index is 2.21. The van der Waals surface area contributed by atoms with Crippen LogP contribution in [0.5, 0.6) is 0 Å². The van der Waals surface area contributed by atoms with Gasteiger partial charge in [-0.3, -0.25) is 4.79 Å². The summed E-state index contributed by atoms with van der Waals surface area (Å²) in [6, 6.07) is 5.22. The number of nitrogens with one attached hydrogen (secondary N) is 1. The maximum atomic E-state index is 11.5. The SMILES string of the molecule is CC(C)(C)[Si](C)(C)OCCNCCn1ccccc1=O. The molecule has 0 fully saturated rings. The van der Waals surface area contributed by atoms with Crippen molar-refractivity contribution in [2.45, 2.75) is 45.4 Å². The second kappa shape index (κ2) is 7.20. The van der Waals surface area contributed by atoms with E-state index in [0.29, 0.717) is 6.54 Å². The summed E-state index contributed by atoms with van der Waals surface area (Å²) in [7, 11) is -1.63. The lowest BCUT2D eigenvalue weighted by Gasteiger charge is -2.36. The predicted molar refractivity (Wildman–Crippen MR) is 86.7 cm³/mol. The van der Waals surface area contributed by atoms with Gasteiger partial charge in [-0.25, -0.2) is 0 Å². The van der Waals surface area contributed by atoms with E-state index in [0.717, 1.165) is 19.7 Å². The highest BCUT2D eigenvalue weighted by Crippen LogP contribution is 2.36. The van der Waals surface area contributed by atoms with Gasteiger partial charge in [0.1, 0.15) is 0 Å². The minimum atomic E-state index is -1.63. The summed E-state index contributed by atoms with van der Waals surface area (Å²) >= 11 is 0. The second-order valence-electron chi connectivity index (χ2n) is 6.59. The molecular weight excluding hydrogens is 268 g/mol. The molecule has 0 aliphatic rings. The quantitative estimate of drug-likeness (QED) is 0.621. The topological polar surface area (TPSA) is 43.3 Å². The largest absolute Gasteiger partial charge is 0.416 e. The zero-order valence-corrected chi connectivity index (χ0v) is 14.4. The first kappa shape index (κ1) is 17.1. The van der Waals surface area contributed by atoms with Crippen LogP contribution in [-0.4, -0.2) is 32.6 Å². The first-order valence-electron chi connectivity index (χ1n) is 7.24. The van der Waals surface area contributed by atoms with Gasteiger partial charge in [-0.15, -0.1) is 0 Å². The number of pyridine rings is 1. The Kier molecular flexibility index (Phi) is 6.17. The van der Waals surface area contributed by atoms with Gasteiger partial charge in [0.25, 0.3) is 5.56 Å². The molecule has 1 heterocycles. The van der Waals surface area contributed by atoms with Crippen molar-refractivity contribution >= 4 is 8.32 Å². The average Bonchev–Trinajstić information content (AvgIpc) is 2.34. The van der Waals surface area contributed by atoms with Crippen LogP contribution in [0.15, 0.2) is 29.2 Å². The number of hydrogen-bond donors (Lipinski definition) is 1. The zero-order valence-electron chi connectivity index (χ0n) is 13.4. The number of rotatable bonds is 7. The minimum Gasteiger partial charge on any atom is -0.416 e. The molecular formula is C15H28N2O2Si. The van der Waals surface area contributed by atoms with Gasteiger partial charge in [0.05, 0.1) is 0 Å². The third-order valence-electron chi connectivity index (χ3n) is 3.98. The second-order valence-corrected chi connectivity index (χ2v) is 11.4. The van der Waals surface area contributed by atoms with Crippen LogP contribution in [0.4, 0.5) is 0 Å². The molecule has 0 aliphatic heterocycles. The summed E-state index contributed by atoms with van der Waals surface area (Å²) < 4.78 is 7.79. The van der Waals surface area contributed by atoms with Crippen LogP contribution in [0.3, 0.4) is 0 Å². The number of hydrogen-bond acceptors (Lipinski definition) is 3. The summed E-state index contributed by atoms with van der Waals surface area (Å²) in [5.41, 5.74) is 0.0480. The highest BCUT2D eigenvalue weighted by molar-refractivity contribution is 6.74. The molecule has 0 amide bonds. The average molecular weight is 296 g/mol. The predicted octanol–water partition coefficient (Wildman–Crippen LogP) is 2.46. The van der Waals surface area contributed by atoms with Crippen molar-refractivity contribution in [3.05, 3.63) is 34.7 Å². The fourth-order valence-electron chi connectivity index (χ4n) is 1.56. The summed E-state index contributed by atoms with van der Waals surface area (Å²) in [5.74, 6) is 0. The van der Waals surface area contributed by atoms with E-state index in [4.69, 9.17) is 4.43 Å². The molecule has 1 aromatic heterocycles. The summed E-state index contributed by atoms with van der Waals surface area (Å²) in [6.45, 7) is 14.3. The van der Waals surface area contributed by atoms with Crippen molar-refractivity contribution in [2.24, 2.45) is 0 Å². The molecule has 0 spiro atoms. The standard InChI is InChI=1S/C15H28N2O2Si/c1-15(2,3)20(4,5)19-13-10-16-9-12-17-11-7-6-8-14(17)18/h6-8,11,16H,9-10,12-13H2,1-5H3. The zero-order chi connectivity index (χ0) is 15.2. The van der Waals surface area contributed by atoms with Gasteiger partial charge < -0.3 is 14.3 Å². The molecule has 0 saturated carbocycles. The Morgan fingerprint density at radius 1 is 1.25 bits per heavy atom. The molecule has 114 valence electrons. The van der Waals surface area contributed by atoms with Gasteiger partial charge in [0.15, 0.2) is 8.32 Å². The van der Waals surface area contributed by atoms with Crippen LogP contribution in [0, 0.1) is 0 Å². The highest BCUT2D eigenvalue weighted by atomic mass is 28.4. The van der Waals surface area contributed by atoms with E-state index in [9.17, 15) is 4.79 Å². The molecule has 1 N–H and O–H groups in total. The maximum absolute atomic E-state index is 11.5. The fourth-order valence-corrected chi connectivity index (χ4v) is 2.61. The van der Waals surface area contributed by atoms with Crippen LogP contribution in [0.2, 0.25) is 18.1 Å². The Morgan fingerprint density at radius 2 is 1.95 bits per heavy atom. The van der Waals surface area contributed by atoms with Crippen molar-refractivity contribution < 1.29 is 4.43 Å². The van der Waals surface area contributed by atoms with Crippen molar-refractivity contribution in [1.29, 1.82) is 0 Å². The fraction of sp³-hybridized carbons (Fsp3) is 0.667. The monoisotopic (exact) mass is 296 g/mol. The molecule has 0 saturated heterocycles. The van der Waals surface area contributed by atoms with Gasteiger partial charge in [0, 0.05) is 38.5 Å². The highest BCUT2D eigenvalue weighted by Gasteiger charge is 2.36. The molecule has 0 bridgehead atoms. The van der Waals surface area contributed by atoms with Crippen LogP contribution in [-0.2, 0) is 11.0 Å². The van der Waals surface area contributed by atoms with Gasteiger partial charge >= 0.3 is 0 Å². The van der Waals surface area contributed by atoms with E-state index in [1.807, 2.05) is 12.3 Å². The van der Waals surface area contributed by atoms with E-state index < -0.39 is 8.32 Å². The molecule has 0 radical (unpaired) electrons. The summed E-state index contributed by atoms with van der Waals surface area (Å²) in [6.07, 6.45) is 1.82. The van der Waals surface area contributed by atoms with Crippen molar-refractivity contribution in [1.82, 2.24) is 9.88 Å². The molecule has 0 aromatic carbocycles. The molecule has 20 heavy (non-hydrogen) atoms. The van der Waals surface area contributed by atoms with Crippen LogP contribution >= 0.6 is 0 Å². The minimum absolute atomic E-state index is 0.0480. The molecule has 4 nitrogen and oxygen atoms in total. The molecule has 0 atom stereocenters. The van der Waals surface area contributed by atoms with Crippen molar-refractivity contribution in [2.75, 3.05) is 19.7 Å². The molecule has 1 rings (SSSR count). The van der Waals surface area contributed by atoms with Crippen LogP contribution < -0.4 is 10.9 Å². The lowest BCUT2D eigenvalue weighted by atomic mass is 10.2. The van der Waals surface area contributed by atoms with Gasteiger partial charge in [-0.1, -0.05) is 26.8 Å². The lowest BCUT2D eigenvalue weighted by molar-refractivity contribution is 0.285. The molecule has 0 aliphatic carbocycles. The Bertz CT molecular complexity index is 463. The van der Waals surface area contributed by atoms with Gasteiger partial charge in [-0.05, 0) is 24.2 Å². The van der Waals surface area contributed by atoms with E-state index in [-0.39, 0.29) is 10.6 Å². The Labute approximate surface area is 123 Å². The first-order valence-corrected chi connectivity index (χ1v) is 10.1. The lowest BCUT2D eigenvalue weighted by Crippen LogP contribution is -2.42. The number of nitrogens with zero attached hydrogens (tertiary/aromatic N) is 1. The molecule has 5 heteroatoms. The first-order chi connectivity index (χ1) is 9.24. The normalized spacial score (nSPS) is 12.7. The van der Waals surface area contributed by atoms with Gasteiger partial charge in [0.2, 0.25) is 0 Å².